The predicted molar refractivity (Wildman–Crippen MR) is 129 cm³/mol. The Morgan fingerprint density at radius 1 is 1.24 bits per heavy atom. The summed E-state index contributed by atoms with van der Waals surface area (Å²) in [5.74, 6) is 1.13. The number of nitrogens with one attached hydrogen (secondary N) is 2. The SMILES string of the molecule is CS(=O)(=O)NC[C@H]1CCN(c2ccc(-n3ccc(OCc4ccc(Cl)cn4)cc3=O)c(=O)[nH]2)C1. The molecule has 0 saturated carbocycles. The number of halogens is 1. The summed E-state index contributed by atoms with van der Waals surface area (Å²) < 4.78 is 32.0. The molecule has 1 saturated heterocycles. The number of pyridine rings is 3. The maximum atomic E-state index is 12.7. The summed E-state index contributed by atoms with van der Waals surface area (Å²) in [4.78, 5) is 34.3. The number of H-pyrrole nitrogens is 1. The summed E-state index contributed by atoms with van der Waals surface area (Å²) >= 11 is 5.82. The van der Waals surface area contributed by atoms with Crippen molar-refractivity contribution >= 4 is 27.4 Å². The minimum Gasteiger partial charge on any atom is -0.487 e. The second-order valence-electron chi connectivity index (χ2n) is 8.11. The molecule has 0 aliphatic carbocycles. The van der Waals surface area contributed by atoms with Gasteiger partial charge in [-0.1, -0.05) is 11.6 Å². The number of hydrogen-bond acceptors (Lipinski definition) is 7. The first kappa shape index (κ1) is 24.0. The minimum absolute atomic E-state index is 0.149. The standard InChI is InChI=1S/C22H24ClN5O5S/c1-34(31,32)25-11-15-6-8-27(13-15)20-5-4-19(22(30)26-20)28-9-7-18(10-21(28)29)33-14-17-3-2-16(23)12-24-17/h2-5,7,9-10,12,15,25H,6,8,11,13-14H2,1H3,(H,26,30)/t15-/m1/s1. The lowest BCUT2D eigenvalue weighted by Gasteiger charge is -2.19. The number of sulfonamides is 1. The molecule has 4 heterocycles. The lowest BCUT2D eigenvalue weighted by Crippen LogP contribution is -2.31. The van der Waals surface area contributed by atoms with Crippen molar-refractivity contribution in [2.75, 3.05) is 30.8 Å². The van der Waals surface area contributed by atoms with Crippen molar-refractivity contribution < 1.29 is 13.2 Å². The fourth-order valence-electron chi connectivity index (χ4n) is 3.72. The van der Waals surface area contributed by atoms with E-state index < -0.39 is 21.1 Å². The Kier molecular flexibility index (Phi) is 7.05. The third-order valence-electron chi connectivity index (χ3n) is 5.46. The van der Waals surface area contributed by atoms with Gasteiger partial charge in [-0.05, 0) is 42.7 Å². The quantitative estimate of drug-likeness (QED) is 0.475. The molecule has 2 N–H and O–H groups in total. The molecule has 0 amide bonds. The smallest absolute Gasteiger partial charge is 0.273 e. The Balaban J connectivity index is 1.43. The van der Waals surface area contributed by atoms with E-state index in [1.165, 1.54) is 23.0 Å². The number of nitrogens with zero attached hydrogens (tertiary/aromatic N) is 3. The van der Waals surface area contributed by atoms with Crippen molar-refractivity contribution in [2.24, 2.45) is 5.92 Å². The van der Waals surface area contributed by atoms with Gasteiger partial charge in [-0.25, -0.2) is 13.1 Å². The molecule has 3 aromatic rings. The number of anilines is 1. The summed E-state index contributed by atoms with van der Waals surface area (Å²) in [6.07, 6.45) is 4.94. The summed E-state index contributed by atoms with van der Waals surface area (Å²) in [7, 11) is -3.24. The van der Waals surface area contributed by atoms with Crippen LogP contribution in [-0.2, 0) is 16.6 Å². The van der Waals surface area contributed by atoms with Gasteiger partial charge in [0.05, 0.1) is 17.0 Å². The van der Waals surface area contributed by atoms with Crippen molar-refractivity contribution in [3.8, 4) is 11.4 Å². The average molecular weight is 506 g/mol. The van der Waals surface area contributed by atoms with Gasteiger partial charge < -0.3 is 14.6 Å². The number of rotatable bonds is 8. The van der Waals surface area contributed by atoms with Crippen LogP contribution < -0.4 is 25.5 Å². The van der Waals surface area contributed by atoms with Crippen LogP contribution in [0, 0.1) is 5.92 Å². The van der Waals surface area contributed by atoms with Gasteiger partial charge in [0.1, 0.15) is 23.9 Å². The Bertz CT molecular complexity index is 1390. The van der Waals surface area contributed by atoms with Gasteiger partial charge in [0.15, 0.2) is 0 Å². The van der Waals surface area contributed by atoms with Crippen LogP contribution >= 0.6 is 11.6 Å². The third kappa shape index (κ3) is 6.04. The van der Waals surface area contributed by atoms with E-state index in [0.29, 0.717) is 41.9 Å². The highest BCUT2D eigenvalue weighted by Crippen LogP contribution is 2.21. The molecule has 1 aliphatic heterocycles. The summed E-state index contributed by atoms with van der Waals surface area (Å²) in [6, 6.07) is 9.68. The van der Waals surface area contributed by atoms with E-state index in [9.17, 15) is 18.0 Å². The number of aromatic amines is 1. The zero-order valence-electron chi connectivity index (χ0n) is 18.4. The molecule has 1 aliphatic rings. The van der Waals surface area contributed by atoms with Crippen LogP contribution in [0.4, 0.5) is 5.82 Å². The topological polar surface area (TPSA) is 126 Å². The van der Waals surface area contributed by atoms with Crippen LogP contribution in [0.1, 0.15) is 12.1 Å². The molecule has 0 unspecified atom stereocenters. The molecular formula is C22H24ClN5O5S. The van der Waals surface area contributed by atoms with Crippen molar-refractivity contribution in [2.45, 2.75) is 13.0 Å². The largest absolute Gasteiger partial charge is 0.487 e. The van der Waals surface area contributed by atoms with E-state index in [1.807, 2.05) is 4.90 Å². The molecule has 0 aromatic carbocycles. The molecular weight excluding hydrogens is 482 g/mol. The minimum atomic E-state index is -3.24. The van der Waals surface area contributed by atoms with Crippen LogP contribution in [-0.4, -0.2) is 48.8 Å². The van der Waals surface area contributed by atoms with Crippen molar-refractivity contribution in [3.63, 3.8) is 0 Å². The molecule has 180 valence electrons. The van der Waals surface area contributed by atoms with Gasteiger partial charge in [-0.15, -0.1) is 0 Å². The lowest BCUT2D eigenvalue weighted by atomic mass is 10.1. The van der Waals surface area contributed by atoms with Gasteiger partial charge >= 0.3 is 0 Å². The van der Waals surface area contributed by atoms with Crippen LogP contribution in [0.2, 0.25) is 5.02 Å². The monoisotopic (exact) mass is 505 g/mol. The zero-order valence-corrected chi connectivity index (χ0v) is 20.0. The van der Waals surface area contributed by atoms with E-state index >= 15 is 0 Å². The maximum Gasteiger partial charge on any atom is 0.273 e. The Hall–Kier alpha value is -3.15. The Morgan fingerprint density at radius 2 is 2.06 bits per heavy atom. The van der Waals surface area contributed by atoms with E-state index in [-0.39, 0.29) is 18.2 Å². The molecule has 3 aromatic heterocycles. The van der Waals surface area contributed by atoms with Crippen molar-refractivity contribution in [1.82, 2.24) is 19.3 Å². The number of hydrogen-bond donors (Lipinski definition) is 2. The van der Waals surface area contributed by atoms with Gasteiger partial charge in [-0.2, -0.15) is 0 Å². The van der Waals surface area contributed by atoms with Gasteiger partial charge in [-0.3, -0.25) is 19.1 Å². The van der Waals surface area contributed by atoms with Crippen LogP contribution in [0.25, 0.3) is 5.69 Å². The highest BCUT2D eigenvalue weighted by Gasteiger charge is 2.24. The summed E-state index contributed by atoms with van der Waals surface area (Å²) in [6.45, 7) is 1.84. The Labute approximate surface area is 201 Å². The normalized spacial score (nSPS) is 16.1. The van der Waals surface area contributed by atoms with E-state index in [4.69, 9.17) is 16.3 Å². The van der Waals surface area contributed by atoms with E-state index in [1.54, 1.807) is 30.3 Å². The Morgan fingerprint density at radius 3 is 2.74 bits per heavy atom. The molecule has 0 bridgehead atoms. The highest BCUT2D eigenvalue weighted by molar-refractivity contribution is 7.88. The maximum absolute atomic E-state index is 12.7. The lowest BCUT2D eigenvalue weighted by molar-refractivity contribution is 0.300. The zero-order chi connectivity index (χ0) is 24.3. The number of aromatic nitrogens is 3. The summed E-state index contributed by atoms with van der Waals surface area (Å²) in [5.41, 5.74) is 0.0373. The fraction of sp³-hybridized carbons (Fsp3) is 0.318. The molecule has 1 atom stereocenters. The molecule has 1 fully saturated rings. The molecule has 4 rings (SSSR count). The van der Waals surface area contributed by atoms with Crippen LogP contribution in [0.3, 0.4) is 0 Å². The van der Waals surface area contributed by atoms with Crippen molar-refractivity contribution in [1.29, 1.82) is 0 Å². The number of ether oxygens (including phenoxy) is 1. The third-order valence-corrected chi connectivity index (χ3v) is 6.37. The van der Waals surface area contributed by atoms with Crippen molar-refractivity contribution in [3.05, 3.63) is 80.2 Å². The molecule has 12 heteroatoms. The first-order chi connectivity index (χ1) is 16.2. The van der Waals surface area contributed by atoms with E-state index in [0.717, 1.165) is 12.7 Å². The molecule has 0 radical (unpaired) electrons. The highest BCUT2D eigenvalue weighted by atomic mass is 35.5. The first-order valence-corrected chi connectivity index (χ1v) is 12.8. The second kappa shape index (κ2) is 10.00. The van der Waals surface area contributed by atoms with E-state index in [2.05, 4.69) is 14.7 Å². The molecule has 10 nitrogen and oxygen atoms in total. The van der Waals surface area contributed by atoms with Crippen LogP contribution in [0.15, 0.2) is 58.4 Å². The van der Waals surface area contributed by atoms with Gasteiger partial charge in [0.2, 0.25) is 10.0 Å². The average Bonchev–Trinajstić information content (AvgIpc) is 3.27. The molecule has 34 heavy (non-hydrogen) atoms. The second-order valence-corrected chi connectivity index (χ2v) is 10.4. The first-order valence-electron chi connectivity index (χ1n) is 10.6. The van der Waals surface area contributed by atoms with Gasteiger partial charge in [0.25, 0.3) is 11.1 Å². The fourth-order valence-corrected chi connectivity index (χ4v) is 4.37. The van der Waals surface area contributed by atoms with Gasteiger partial charge in [0, 0.05) is 38.1 Å². The van der Waals surface area contributed by atoms with Crippen LogP contribution in [0.5, 0.6) is 5.75 Å². The summed E-state index contributed by atoms with van der Waals surface area (Å²) in [5, 5.41) is 0.524. The predicted octanol–water partition coefficient (Wildman–Crippen LogP) is 1.53. The molecule has 0 spiro atoms.